The molecule has 0 radical (unpaired) electrons. The fourth-order valence-electron chi connectivity index (χ4n) is 4.89. The Morgan fingerprint density at radius 3 is 2.31 bits per heavy atom. The lowest BCUT2D eigenvalue weighted by atomic mass is 10.1. The third kappa shape index (κ3) is 8.73. The molecule has 3 amide bonds. The van der Waals surface area contributed by atoms with Crippen molar-refractivity contribution in [3.05, 3.63) is 42.1 Å². The maximum absolute atomic E-state index is 13.5. The number of nitrogens with zero attached hydrogens (tertiary/aromatic N) is 5. The molecule has 228 valence electrons. The molecule has 2 aliphatic heterocycles. The van der Waals surface area contributed by atoms with Gasteiger partial charge in [-0.15, -0.1) is 0 Å². The van der Waals surface area contributed by atoms with Crippen LogP contribution in [0.1, 0.15) is 49.5 Å². The molecule has 42 heavy (non-hydrogen) atoms. The molecule has 14 heteroatoms. The Labute approximate surface area is 245 Å². The molecule has 1 aromatic carbocycles. The Hall–Kier alpha value is -3.54. The van der Waals surface area contributed by atoms with Crippen LogP contribution in [0, 0.1) is 0 Å². The summed E-state index contributed by atoms with van der Waals surface area (Å²) in [5.41, 5.74) is 0.784. The fraction of sp³-hybridized carbons (Fsp3) is 0.536. The number of carbonyl (C=O) groups excluding carboxylic acids is 3. The summed E-state index contributed by atoms with van der Waals surface area (Å²) in [7, 11) is -4.45. The summed E-state index contributed by atoms with van der Waals surface area (Å²) in [6.07, 6.45) is 2.41. The number of piperazine rings is 1. The number of aromatic nitrogens is 2. The quantitative estimate of drug-likeness (QED) is 0.257. The normalized spacial score (nSPS) is 16.3. The second kappa shape index (κ2) is 14.6. The Kier molecular flexibility index (Phi) is 10.9. The number of hydrogen-bond acceptors (Lipinski definition) is 8. The number of unbranched alkanes of at least 4 members (excludes halogenated alkanes) is 1. The van der Waals surface area contributed by atoms with E-state index in [0.717, 1.165) is 44.3 Å². The van der Waals surface area contributed by atoms with E-state index in [9.17, 15) is 28.7 Å². The summed E-state index contributed by atoms with van der Waals surface area (Å²) in [5.74, 6) is -0.151. The monoisotopic (exact) mass is 602 g/mol. The van der Waals surface area contributed by atoms with Crippen LogP contribution in [0.15, 0.2) is 36.4 Å². The Bertz CT molecular complexity index is 1280. The average Bonchev–Trinajstić information content (AvgIpc) is 3.54. The molecule has 0 saturated carbocycles. The molecule has 3 heterocycles. The number of carbonyl (C=O) groups is 3. The number of rotatable bonds is 11. The lowest BCUT2D eigenvalue weighted by Gasteiger charge is -2.36. The van der Waals surface area contributed by atoms with Crippen LogP contribution in [-0.2, 0) is 14.1 Å². The highest BCUT2D eigenvalue weighted by molar-refractivity contribution is 7.51. The van der Waals surface area contributed by atoms with Gasteiger partial charge in [0, 0.05) is 50.9 Å². The van der Waals surface area contributed by atoms with Crippen molar-refractivity contribution < 1.29 is 33.5 Å². The predicted octanol–water partition coefficient (Wildman–Crippen LogP) is 2.49. The van der Waals surface area contributed by atoms with Crippen LogP contribution in [0.5, 0.6) is 0 Å². The smallest absolute Gasteiger partial charge is 0.409 e. The van der Waals surface area contributed by atoms with Crippen molar-refractivity contribution in [2.24, 2.45) is 0 Å². The molecule has 1 unspecified atom stereocenters. The van der Waals surface area contributed by atoms with Gasteiger partial charge in [-0.1, -0.05) is 43.7 Å². The highest BCUT2D eigenvalue weighted by Gasteiger charge is 2.32. The standard InChI is InChI=1S/C28H39N6O7P/c1-2-3-18-41-28(37)34-16-14-33(15-17-34)27(36)22(11-19-42(38,39)40)30-26(35)23-20-24(32-12-7-8-13-32)31-25(29-23)21-9-5-4-6-10-21/h4-6,9-10,20,22H,2-3,7-8,11-19H2,1H3,(H,30,35)(H2,38,39,40). The van der Waals surface area contributed by atoms with E-state index in [1.807, 2.05) is 37.3 Å². The third-order valence-corrected chi connectivity index (χ3v) is 8.13. The van der Waals surface area contributed by atoms with E-state index >= 15 is 0 Å². The molecule has 0 aliphatic carbocycles. The van der Waals surface area contributed by atoms with Crippen molar-refractivity contribution in [2.75, 3.05) is 56.9 Å². The van der Waals surface area contributed by atoms with Crippen LogP contribution in [0.25, 0.3) is 11.4 Å². The van der Waals surface area contributed by atoms with E-state index < -0.39 is 37.7 Å². The zero-order valence-electron chi connectivity index (χ0n) is 23.9. The van der Waals surface area contributed by atoms with Crippen LogP contribution in [-0.4, -0.2) is 106 Å². The molecule has 0 bridgehead atoms. The zero-order chi connectivity index (χ0) is 30.1. The van der Waals surface area contributed by atoms with Crippen molar-refractivity contribution in [3.8, 4) is 11.4 Å². The molecule has 3 N–H and O–H groups in total. The molecule has 1 aromatic heterocycles. The number of nitrogens with one attached hydrogen (secondary N) is 1. The van der Waals surface area contributed by atoms with E-state index in [1.165, 1.54) is 9.80 Å². The predicted molar refractivity (Wildman–Crippen MR) is 156 cm³/mol. The highest BCUT2D eigenvalue weighted by atomic mass is 31.2. The Balaban J connectivity index is 1.50. The maximum Gasteiger partial charge on any atom is 0.409 e. The summed E-state index contributed by atoms with van der Waals surface area (Å²) in [5, 5.41) is 2.68. The third-order valence-electron chi connectivity index (χ3n) is 7.29. The van der Waals surface area contributed by atoms with E-state index in [1.54, 1.807) is 6.07 Å². The first-order chi connectivity index (χ1) is 20.1. The Morgan fingerprint density at radius 1 is 1.00 bits per heavy atom. The molecular weight excluding hydrogens is 563 g/mol. The largest absolute Gasteiger partial charge is 0.449 e. The number of benzene rings is 1. The Morgan fingerprint density at radius 2 is 1.67 bits per heavy atom. The number of hydrogen-bond donors (Lipinski definition) is 3. The van der Waals surface area contributed by atoms with E-state index in [-0.39, 0.29) is 38.3 Å². The zero-order valence-corrected chi connectivity index (χ0v) is 24.7. The first kappa shape index (κ1) is 31.4. The average molecular weight is 603 g/mol. The molecule has 2 saturated heterocycles. The minimum atomic E-state index is -4.45. The molecule has 4 rings (SSSR count). The molecule has 13 nitrogen and oxygen atoms in total. The van der Waals surface area contributed by atoms with E-state index in [4.69, 9.17) is 4.74 Å². The summed E-state index contributed by atoms with van der Waals surface area (Å²) < 4.78 is 16.9. The molecular formula is C28H39N6O7P. The van der Waals surface area contributed by atoms with Gasteiger partial charge in [0.15, 0.2) is 5.82 Å². The number of anilines is 1. The molecule has 2 fully saturated rings. The van der Waals surface area contributed by atoms with Crippen LogP contribution in [0.4, 0.5) is 10.6 Å². The van der Waals surface area contributed by atoms with Gasteiger partial charge < -0.3 is 34.5 Å². The van der Waals surface area contributed by atoms with E-state index in [0.29, 0.717) is 18.2 Å². The minimum Gasteiger partial charge on any atom is -0.449 e. The van der Waals surface area contributed by atoms with Gasteiger partial charge in [0.1, 0.15) is 17.6 Å². The number of ether oxygens (including phenoxy) is 1. The van der Waals surface area contributed by atoms with Gasteiger partial charge in [-0.25, -0.2) is 14.8 Å². The first-order valence-electron chi connectivity index (χ1n) is 14.4. The van der Waals surface area contributed by atoms with Gasteiger partial charge in [-0.2, -0.15) is 0 Å². The lowest BCUT2D eigenvalue weighted by molar-refractivity contribution is -0.134. The van der Waals surface area contributed by atoms with Gasteiger partial charge in [-0.3, -0.25) is 14.2 Å². The summed E-state index contributed by atoms with van der Waals surface area (Å²) >= 11 is 0. The summed E-state index contributed by atoms with van der Waals surface area (Å²) in [6, 6.07) is 9.64. The number of amides is 3. The van der Waals surface area contributed by atoms with Gasteiger partial charge in [0.25, 0.3) is 5.91 Å². The van der Waals surface area contributed by atoms with E-state index in [2.05, 4.69) is 20.2 Å². The second-order valence-electron chi connectivity index (χ2n) is 10.5. The SMILES string of the molecule is CCCCOC(=O)N1CCN(C(=O)C(CCP(=O)(O)O)NC(=O)c2cc(N3CCCC3)nc(-c3ccccc3)n2)CC1. The summed E-state index contributed by atoms with van der Waals surface area (Å²) in [4.78, 5) is 72.6. The van der Waals surface area contributed by atoms with Crippen LogP contribution in [0.3, 0.4) is 0 Å². The van der Waals surface area contributed by atoms with Crippen molar-refractivity contribution in [2.45, 2.75) is 45.1 Å². The summed E-state index contributed by atoms with van der Waals surface area (Å²) in [6.45, 7) is 4.84. The molecule has 2 aromatic rings. The topological polar surface area (TPSA) is 166 Å². The molecule has 0 spiro atoms. The first-order valence-corrected chi connectivity index (χ1v) is 16.2. The van der Waals surface area contributed by atoms with Crippen molar-refractivity contribution in [1.82, 2.24) is 25.1 Å². The fourth-order valence-corrected chi connectivity index (χ4v) is 5.48. The van der Waals surface area contributed by atoms with Crippen molar-refractivity contribution in [1.29, 1.82) is 0 Å². The van der Waals surface area contributed by atoms with Crippen LogP contribution in [0.2, 0.25) is 0 Å². The van der Waals surface area contributed by atoms with Crippen LogP contribution < -0.4 is 10.2 Å². The minimum absolute atomic E-state index is 0.0550. The van der Waals surface area contributed by atoms with Gasteiger partial charge in [-0.05, 0) is 25.7 Å². The molecule has 1 atom stereocenters. The second-order valence-corrected chi connectivity index (χ2v) is 12.3. The van der Waals surface area contributed by atoms with Crippen molar-refractivity contribution >= 4 is 31.3 Å². The highest BCUT2D eigenvalue weighted by Crippen LogP contribution is 2.35. The van der Waals surface area contributed by atoms with Gasteiger partial charge in [0.2, 0.25) is 5.91 Å². The van der Waals surface area contributed by atoms with Crippen molar-refractivity contribution in [3.63, 3.8) is 0 Å². The molecule has 2 aliphatic rings. The van der Waals surface area contributed by atoms with Crippen LogP contribution >= 0.6 is 7.60 Å². The maximum atomic E-state index is 13.5. The van der Waals surface area contributed by atoms with Gasteiger partial charge in [0.05, 0.1) is 12.8 Å². The lowest BCUT2D eigenvalue weighted by Crippen LogP contribution is -2.56. The van der Waals surface area contributed by atoms with Gasteiger partial charge >= 0.3 is 13.7 Å².